The summed E-state index contributed by atoms with van der Waals surface area (Å²) in [6, 6.07) is 6.96. The Morgan fingerprint density at radius 1 is 1.20 bits per heavy atom. The van der Waals surface area contributed by atoms with E-state index in [1.54, 1.807) is 0 Å². The summed E-state index contributed by atoms with van der Waals surface area (Å²) in [6.07, 6.45) is -1.66. The molecule has 0 saturated carbocycles. The van der Waals surface area contributed by atoms with Gasteiger partial charge in [-0.15, -0.1) is 12.4 Å². The van der Waals surface area contributed by atoms with Crippen LogP contribution in [0.1, 0.15) is 30.5 Å². The van der Waals surface area contributed by atoms with Crippen molar-refractivity contribution in [1.82, 2.24) is 0 Å². The summed E-state index contributed by atoms with van der Waals surface area (Å²) in [6.45, 7) is 2.05. The summed E-state index contributed by atoms with van der Waals surface area (Å²) >= 11 is 0. The first-order chi connectivity index (χ1) is 6.63. The van der Waals surface area contributed by atoms with Gasteiger partial charge in [0, 0.05) is 12.5 Å². The van der Waals surface area contributed by atoms with Crippen LogP contribution in [0, 0.1) is 0 Å². The minimum absolute atomic E-state index is 0. The molecule has 0 radical (unpaired) electrons. The lowest BCUT2D eigenvalue weighted by Crippen LogP contribution is -2.13. The number of hydrogen-bond acceptors (Lipinski definition) is 1. The Hall–Kier alpha value is -0.670. The second-order valence-electron chi connectivity index (χ2n) is 3.33. The highest BCUT2D eigenvalue weighted by atomic mass is 35.5. The van der Waals surface area contributed by atoms with Crippen LogP contribution in [-0.2, 0) is 6.42 Å². The van der Waals surface area contributed by atoms with E-state index < -0.39 is 12.5 Å². The zero-order valence-corrected chi connectivity index (χ0v) is 9.44. The Morgan fingerprint density at radius 3 is 2.13 bits per heavy atom. The Morgan fingerprint density at radius 2 is 1.73 bits per heavy atom. The number of rotatable bonds is 4. The van der Waals surface area contributed by atoms with Crippen molar-refractivity contribution < 1.29 is 8.78 Å². The van der Waals surface area contributed by atoms with Crippen molar-refractivity contribution in [2.24, 2.45) is 5.73 Å². The predicted octanol–water partition coefficient (Wildman–Crippen LogP) is 3.33. The molecule has 15 heavy (non-hydrogen) atoms. The molecule has 0 unspecified atom stereocenters. The third-order valence-corrected chi connectivity index (χ3v) is 2.25. The number of hydrogen-bond donors (Lipinski definition) is 1. The van der Waals surface area contributed by atoms with E-state index in [0.717, 1.165) is 12.0 Å². The highest BCUT2D eigenvalue weighted by Crippen LogP contribution is 2.18. The fraction of sp³-hybridized carbons (Fsp3) is 0.455. The molecule has 0 aliphatic rings. The second-order valence-corrected chi connectivity index (χ2v) is 3.33. The van der Waals surface area contributed by atoms with E-state index in [-0.39, 0.29) is 18.8 Å². The van der Waals surface area contributed by atoms with Gasteiger partial charge in [-0.3, -0.25) is 0 Å². The Bertz CT molecular complexity index is 274. The van der Waals surface area contributed by atoms with Crippen LogP contribution < -0.4 is 5.73 Å². The monoisotopic (exact) mass is 235 g/mol. The lowest BCUT2D eigenvalue weighted by Gasteiger charge is -2.11. The average molecular weight is 236 g/mol. The van der Waals surface area contributed by atoms with E-state index in [1.807, 2.05) is 31.2 Å². The van der Waals surface area contributed by atoms with Crippen molar-refractivity contribution >= 4 is 12.4 Å². The smallest absolute Gasteiger partial charge is 0.240 e. The van der Waals surface area contributed by atoms with Gasteiger partial charge in [0.15, 0.2) is 0 Å². The van der Waals surface area contributed by atoms with E-state index in [9.17, 15) is 8.78 Å². The van der Waals surface area contributed by atoms with Gasteiger partial charge in [0.1, 0.15) is 0 Å². The molecule has 0 aliphatic carbocycles. The Balaban J connectivity index is 0.00000196. The lowest BCUT2D eigenvalue weighted by molar-refractivity contribution is 0.128. The average Bonchev–Trinajstić information content (AvgIpc) is 2.17. The van der Waals surface area contributed by atoms with E-state index >= 15 is 0 Å². The topological polar surface area (TPSA) is 26.0 Å². The molecule has 1 nitrogen and oxygen atoms in total. The standard InChI is InChI=1S/C11H15F2N.ClH/c1-2-8-3-5-9(6-4-8)10(14)7-11(12)13;/h3-6,10-11H,2,7,14H2,1H3;1H/t10-;/m1./s1. The molecule has 0 spiro atoms. The molecule has 2 N–H and O–H groups in total. The zero-order valence-electron chi connectivity index (χ0n) is 8.62. The maximum Gasteiger partial charge on any atom is 0.240 e. The van der Waals surface area contributed by atoms with Crippen molar-refractivity contribution in [1.29, 1.82) is 0 Å². The van der Waals surface area contributed by atoms with Crippen LogP contribution in [0.4, 0.5) is 8.78 Å². The Kier molecular flexibility index (Phi) is 6.45. The SMILES string of the molecule is CCc1ccc([C@H](N)CC(F)F)cc1.Cl. The van der Waals surface area contributed by atoms with Gasteiger partial charge in [0.2, 0.25) is 6.43 Å². The minimum Gasteiger partial charge on any atom is -0.324 e. The molecule has 0 fully saturated rings. The number of alkyl halides is 2. The highest BCUT2D eigenvalue weighted by molar-refractivity contribution is 5.85. The first kappa shape index (κ1) is 14.3. The predicted molar refractivity (Wildman–Crippen MR) is 60.6 cm³/mol. The lowest BCUT2D eigenvalue weighted by atomic mass is 10.0. The third-order valence-electron chi connectivity index (χ3n) is 2.25. The van der Waals surface area contributed by atoms with Crippen molar-refractivity contribution in [3.05, 3.63) is 35.4 Å². The molecular formula is C11H16ClF2N. The van der Waals surface area contributed by atoms with Crippen molar-refractivity contribution in [2.75, 3.05) is 0 Å². The van der Waals surface area contributed by atoms with Gasteiger partial charge >= 0.3 is 0 Å². The number of nitrogens with two attached hydrogens (primary N) is 1. The van der Waals surface area contributed by atoms with Gasteiger partial charge in [0.05, 0.1) is 0 Å². The van der Waals surface area contributed by atoms with Crippen LogP contribution in [0.25, 0.3) is 0 Å². The molecule has 1 aromatic rings. The van der Waals surface area contributed by atoms with Crippen LogP contribution in [-0.4, -0.2) is 6.43 Å². The largest absolute Gasteiger partial charge is 0.324 e. The van der Waals surface area contributed by atoms with Crippen molar-refractivity contribution in [2.45, 2.75) is 32.2 Å². The number of benzene rings is 1. The molecular weight excluding hydrogens is 220 g/mol. The maximum absolute atomic E-state index is 12.0. The summed E-state index contributed by atoms with van der Waals surface area (Å²) in [7, 11) is 0. The maximum atomic E-state index is 12.0. The fourth-order valence-corrected chi connectivity index (χ4v) is 1.33. The quantitative estimate of drug-likeness (QED) is 0.851. The second kappa shape index (κ2) is 6.75. The van der Waals surface area contributed by atoms with Crippen molar-refractivity contribution in [3.63, 3.8) is 0 Å². The van der Waals surface area contributed by atoms with Gasteiger partial charge in [-0.2, -0.15) is 0 Å². The normalized spacial score (nSPS) is 12.3. The molecule has 86 valence electrons. The van der Waals surface area contributed by atoms with Gasteiger partial charge < -0.3 is 5.73 Å². The summed E-state index contributed by atoms with van der Waals surface area (Å²) in [5.74, 6) is 0. The fourth-order valence-electron chi connectivity index (χ4n) is 1.33. The molecule has 0 aromatic heterocycles. The third kappa shape index (κ3) is 4.58. The molecule has 0 amide bonds. The van der Waals surface area contributed by atoms with E-state index in [0.29, 0.717) is 0 Å². The summed E-state index contributed by atoms with van der Waals surface area (Å²) in [4.78, 5) is 0. The van der Waals surface area contributed by atoms with Crippen LogP contribution in [0.2, 0.25) is 0 Å². The molecule has 0 aliphatic heterocycles. The summed E-state index contributed by atoms with van der Waals surface area (Å²) in [5.41, 5.74) is 7.58. The molecule has 0 bridgehead atoms. The molecule has 0 saturated heterocycles. The first-order valence-electron chi connectivity index (χ1n) is 4.76. The van der Waals surface area contributed by atoms with E-state index in [2.05, 4.69) is 0 Å². The van der Waals surface area contributed by atoms with Crippen molar-refractivity contribution in [3.8, 4) is 0 Å². The van der Waals surface area contributed by atoms with Gasteiger partial charge in [-0.1, -0.05) is 31.2 Å². The minimum atomic E-state index is -2.34. The zero-order chi connectivity index (χ0) is 10.6. The summed E-state index contributed by atoms with van der Waals surface area (Å²) < 4.78 is 24.1. The highest BCUT2D eigenvalue weighted by Gasteiger charge is 2.12. The van der Waals surface area contributed by atoms with Crippen LogP contribution in [0.15, 0.2) is 24.3 Å². The van der Waals surface area contributed by atoms with Gasteiger partial charge in [-0.05, 0) is 17.5 Å². The van der Waals surface area contributed by atoms with Crippen LogP contribution in [0.3, 0.4) is 0 Å². The van der Waals surface area contributed by atoms with Gasteiger partial charge in [0.25, 0.3) is 0 Å². The molecule has 1 atom stereocenters. The molecule has 1 aromatic carbocycles. The van der Waals surface area contributed by atoms with E-state index in [1.165, 1.54) is 5.56 Å². The first-order valence-corrected chi connectivity index (χ1v) is 4.76. The Labute approximate surface area is 95.1 Å². The van der Waals surface area contributed by atoms with Crippen LogP contribution in [0.5, 0.6) is 0 Å². The number of halogens is 3. The van der Waals surface area contributed by atoms with E-state index in [4.69, 9.17) is 5.73 Å². The van der Waals surface area contributed by atoms with Gasteiger partial charge in [-0.25, -0.2) is 8.78 Å². The van der Waals surface area contributed by atoms with Crippen LogP contribution >= 0.6 is 12.4 Å². The number of aryl methyl sites for hydroxylation is 1. The molecule has 4 heteroatoms. The molecule has 0 heterocycles. The summed E-state index contributed by atoms with van der Waals surface area (Å²) in [5, 5.41) is 0. The molecule has 1 rings (SSSR count).